The second kappa shape index (κ2) is 6.48. The van der Waals surface area contributed by atoms with E-state index in [4.69, 9.17) is 0 Å². The Morgan fingerprint density at radius 2 is 1.88 bits per heavy atom. The Kier molecular flexibility index (Phi) is 5.26. The summed E-state index contributed by atoms with van der Waals surface area (Å²) >= 11 is 0. The average molecular weight is 224 g/mol. The Morgan fingerprint density at radius 3 is 2.44 bits per heavy atom. The first-order chi connectivity index (χ1) is 7.72. The molecule has 0 fully saturated rings. The van der Waals surface area contributed by atoms with E-state index in [-0.39, 0.29) is 5.82 Å². The fraction of sp³-hybridized carbons (Fsp3) is 0.538. The minimum absolute atomic E-state index is 0.135. The van der Waals surface area contributed by atoms with Crippen LogP contribution in [0, 0.1) is 5.82 Å². The molecule has 1 N–H and O–H groups in total. The minimum Gasteiger partial charge on any atom is -0.370 e. The summed E-state index contributed by atoms with van der Waals surface area (Å²) in [6, 6.07) is 5.33. The van der Waals surface area contributed by atoms with E-state index in [2.05, 4.69) is 12.2 Å². The number of nitrogens with one attached hydrogen (secondary N) is 1. The number of hydrogen-bond donors (Lipinski definition) is 1. The molecule has 0 saturated carbocycles. The highest BCUT2D eigenvalue weighted by Gasteiger charge is 2.08. The van der Waals surface area contributed by atoms with Crippen molar-refractivity contribution in [2.75, 3.05) is 24.5 Å². The molecule has 1 aromatic rings. The standard InChI is InChI=1S/C13H21FN2/c1-4-15-10-11-7-8-12(14)13(9-11)16(5-2)6-3/h7-9,15H,4-6,10H2,1-3H3. The third-order valence-corrected chi connectivity index (χ3v) is 2.69. The summed E-state index contributed by atoms with van der Waals surface area (Å²) in [5, 5.41) is 3.25. The van der Waals surface area contributed by atoms with Crippen LogP contribution in [0.15, 0.2) is 18.2 Å². The van der Waals surface area contributed by atoms with Crippen molar-refractivity contribution in [1.29, 1.82) is 0 Å². The van der Waals surface area contributed by atoms with Crippen LogP contribution in [-0.4, -0.2) is 19.6 Å². The molecule has 0 aliphatic carbocycles. The zero-order chi connectivity index (χ0) is 12.0. The fourth-order valence-electron chi connectivity index (χ4n) is 1.74. The summed E-state index contributed by atoms with van der Waals surface area (Å²) in [7, 11) is 0. The fourth-order valence-corrected chi connectivity index (χ4v) is 1.74. The first kappa shape index (κ1) is 13.0. The molecule has 3 heteroatoms. The van der Waals surface area contributed by atoms with E-state index in [1.807, 2.05) is 30.9 Å². The molecule has 90 valence electrons. The van der Waals surface area contributed by atoms with E-state index in [0.717, 1.165) is 31.7 Å². The lowest BCUT2D eigenvalue weighted by Gasteiger charge is -2.22. The molecule has 0 aliphatic heterocycles. The Bertz CT molecular complexity index is 322. The maximum absolute atomic E-state index is 13.7. The quantitative estimate of drug-likeness (QED) is 0.799. The van der Waals surface area contributed by atoms with E-state index >= 15 is 0 Å². The van der Waals surface area contributed by atoms with E-state index in [9.17, 15) is 4.39 Å². The number of anilines is 1. The lowest BCUT2D eigenvalue weighted by molar-refractivity contribution is 0.618. The van der Waals surface area contributed by atoms with Crippen LogP contribution in [-0.2, 0) is 6.54 Å². The average Bonchev–Trinajstić information content (AvgIpc) is 2.31. The van der Waals surface area contributed by atoms with Gasteiger partial charge >= 0.3 is 0 Å². The molecule has 0 aliphatic rings. The third kappa shape index (κ3) is 3.20. The molecule has 0 amide bonds. The van der Waals surface area contributed by atoms with Crippen LogP contribution in [0.5, 0.6) is 0 Å². The zero-order valence-electron chi connectivity index (χ0n) is 10.4. The SMILES string of the molecule is CCNCc1ccc(F)c(N(CC)CC)c1. The van der Waals surface area contributed by atoms with Crippen molar-refractivity contribution in [3.63, 3.8) is 0 Å². The Morgan fingerprint density at radius 1 is 1.19 bits per heavy atom. The van der Waals surface area contributed by atoms with E-state index in [1.54, 1.807) is 6.07 Å². The van der Waals surface area contributed by atoms with Gasteiger partial charge < -0.3 is 10.2 Å². The van der Waals surface area contributed by atoms with Crippen molar-refractivity contribution < 1.29 is 4.39 Å². The maximum Gasteiger partial charge on any atom is 0.146 e. The molecule has 16 heavy (non-hydrogen) atoms. The van der Waals surface area contributed by atoms with Gasteiger partial charge in [0.15, 0.2) is 0 Å². The Balaban J connectivity index is 2.89. The molecule has 1 rings (SSSR count). The van der Waals surface area contributed by atoms with Crippen molar-refractivity contribution in [1.82, 2.24) is 5.32 Å². The van der Waals surface area contributed by atoms with Gasteiger partial charge in [-0.15, -0.1) is 0 Å². The van der Waals surface area contributed by atoms with Crippen LogP contribution in [0.2, 0.25) is 0 Å². The number of nitrogens with zero attached hydrogens (tertiary/aromatic N) is 1. The van der Waals surface area contributed by atoms with E-state index in [0.29, 0.717) is 5.69 Å². The number of benzene rings is 1. The molecule has 2 nitrogen and oxygen atoms in total. The third-order valence-electron chi connectivity index (χ3n) is 2.69. The van der Waals surface area contributed by atoms with Gasteiger partial charge in [-0.1, -0.05) is 13.0 Å². The first-order valence-electron chi connectivity index (χ1n) is 5.97. The largest absolute Gasteiger partial charge is 0.370 e. The minimum atomic E-state index is -0.135. The smallest absolute Gasteiger partial charge is 0.146 e. The molecule has 0 unspecified atom stereocenters. The number of halogens is 1. The topological polar surface area (TPSA) is 15.3 Å². The second-order valence-electron chi connectivity index (χ2n) is 3.74. The summed E-state index contributed by atoms with van der Waals surface area (Å²) in [6.45, 7) is 9.54. The van der Waals surface area contributed by atoms with Crippen LogP contribution in [0.25, 0.3) is 0 Å². The summed E-state index contributed by atoms with van der Waals surface area (Å²) < 4.78 is 13.7. The van der Waals surface area contributed by atoms with E-state index < -0.39 is 0 Å². The van der Waals surface area contributed by atoms with Gasteiger partial charge in [-0.2, -0.15) is 0 Å². The van der Waals surface area contributed by atoms with Crippen LogP contribution >= 0.6 is 0 Å². The van der Waals surface area contributed by atoms with Gasteiger partial charge in [0.05, 0.1) is 5.69 Å². The van der Waals surface area contributed by atoms with E-state index in [1.165, 1.54) is 0 Å². The number of hydrogen-bond acceptors (Lipinski definition) is 2. The molecule has 0 heterocycles. The maximum atomic E-state index is 13.7. The summed E-state index contributed by atoms with van der Waals surface area (Å²) in [5.41, 5.74) is 1.84. The molecule has 0 bridgehead atoms. The molecule has 0 radical (unpaired) electrons. The highest BCUT2D eigenvalue weighted by atomic mass is 19.1. The van der Waals surface area contributed by atoms with Gasteiger partial charge in [-0.3, -0.25) is 0 Å². The monoisotopic (exact) mass is 224 g/mol. The Labute approximate surface area is 97.5 Å². The summed E-state index contributed by atoms with van der Waals surface area (Å²) in [5.74, 6) is -0.135. The van der Waals surface area contributed by atoms with Crippen LogP contribution < -0.4 is 10.2 Å². The normalized spacial score (nSPS) is 10.5. The first-order valence-corrected chi connectivity index (χ1v) is 5.97. The van der Waals surface area contributed by atoms with Gasteiger partial charge in [-0.25, -0.2) is 4.39 Å². The summed E-state index contributed by atoms with van der Waals surface area (Å²) in [4.78, 5) is 2.03. The van der Waals surface area contributed by atoms with Crippen molar-refractivity contribution in [3.05, 3.63) is 29.6 Å². The van der Waals surface area contributed by atoms with Gasteiger partial charge in [0, 0.05) is 19.6 Å². The zero-order valence-corrected chi connectivity index (χ0v) is 10.4. The Hall–Kier alpha value is -1.09. The molecule has 0 spiro atoms. The van der Waals surface area contributed by atoms with Crippen LogP contribution in [0.4, 0.5) is 10.1 Å². The van der Waals surface area contributed by atoms with Crippen molar-refractivity contribution in [2.45, 2.75) is 27.3 Å². The second-order valence-corrected chi connectivity index (χ2v) is 3.74. The highest BCUT2D eigenvalue weighted by molar-refractivity contribution is 5.49. The van der Waals surface area contributed by atoms with Crippen LogP contribution in [0.1, 0.15) is 26.3 Å². The van der Waals surface area contributed by atoms with Crippen LogP contribution in [0.3, 0.4) is 0 Å². The van der Waals surface area contributed by atoms with Crippen molar-refractivity contribution in [3.8, 4) is 0 Å². The van der Waals surface area contributed by atoms with Crippen molar-refractivity contribution in [2.24, 2.45) is 0 Å². The predicted octanol–water partition coefficient (Wildman–Crippen LogP) is 2.78. The van der Waals surface area contributed by atoms with Gasteiger partial charge in [0.1, 0.15) is 5.82 Å². The van der Waals surface area contributed by atoms with Gasteiger partial charge in [0.2, 0.25) is 0 Å². The number of rotatable bonds is 6. The van der Waals surface area contributed by atoms with Crippen molar-refractivity contribution >= 4 is 5.69 Å². The molecular formula is C13H21FN2. The lowest BCUT2D eigenvalue weighted by Crippen LogP contribution is -2.23. The predicted molar refractivity (Wildman–Crippen MR) is 67.3 cm³/mol. The molecule has 1 aromatic carbocycles. The molecule has 0 aromatic heterocycles. The highest BCUT2D eigenvalue weighted by Crippen LogP contribution is 2.20. The molecular weight excluding hydrogens is 203 g/mol. The lowest BCUT2D eigenvalue weighted by atomic mass is 10.1. The van der Waals surface area contributed by atoms with Gasteiger partial charge in [0.25, 0.3) is 0 Å². The van der Waals surface area contributed by atoms with Gasteiger partial charge in [-0.05, 0) is 38.1 Å². The summed E-state index contributed by atoms with van der Waals surface area (Å²) in [6.07, 6.45) is 0. The molecule has 0 saturated heterocycles. The molecule has 0 atom stereocenters.